The second-order valence-electron chi connectivity index (χ2n) is 4.31. The van der Waals surface area contributed by atoms with Crippen molar-refractivity contribution < 1.29 is 14.3 Å². The van der Waals surface area contributed by atoms with Gasteiger partial charge in [-0.15, -0.1) is 0 Å². The smallest absolute Gasteiger partial charge is 0.337 e. The quantitative estimate of drug-likeness (QED) is 0.639. The third-order valence-electron chi connectivity index (χ3n) is 2.51. The minimum absolute atomic E-state index is 0.134. The molecule has 1 aliphatic heterocycles. The zero-order valence-electron chi connectivity index (χ0n) is 9.46. The van der Waals surface area contributed by atoms with E-state index in [4.69, 9.17) is 9.47 Å². The van der Waals surface area contributed by atoms with Crippen LogP contribution in [0.25, 0.3) is 0 Å². The van der Waals surface area contributed by atoms with E-state index < -0.39 is 5.79 Å². The van der Waals surface area contributed by atoms with Crippen LogP contribution < -0.4 is 0 Å². The molecule has 0 unspecified atom stereocenters. The summed E-state index contributed by atoms with van der Waals surface area (Å²) in [6.45, 7) is 9.75. The fourth-order valence-corrected chi connectivity index (χ4v) is 1.79. The van der Waals surface area contributed by atoms with E-state index in [2.05, 4.69) is 0 Å². The topological polar surface area (TPSA) is 35.5 Å². The van der Waals surface area contributed by atoms with Crippen molar-refractivity contribution in [2.24, 2.45) is 11.8 Å². The maximum absolute atomic E-state index is 11.3. The molecule has 3 heteroatoms. The van der Waals surface area contributed by atoms with Crippen LogP contribution in [-0.4, -0.2) is 11.8 Å². The maximum Gasteiger partial charge on any atom is 0.337 e. The Morgan fingerprint density at radius 2 is 1.64 bits per heavy atom. The van der Waals surface area contributed by atoms with E-state index >= 15 is 0 Å². The van der Waals surface area contributed by atoms with Crippen LogP contribution >= 0.6 is 0 Å². The van der Waals surface area contributed by atoms with Crippen LogP contribution in [0.1, 0.15) is 34.6 Å². The van der Waals surface area contributed by atoms with Crippen molar-refractivity contribution in [1.29, 1.82) is 0 Å². The minimum Gasteiger partial charge on any atom is -0.456 e. The lowest BCUT2D eigenvalue weighted by Gasteiger charge is -2.42. The number of allylic oxidation sites excluding steroid dienone is 1. The standard InChI is InChI=1S/C11H18O3/c1-7(2)11(8(3)4)13-9(5)6-10(12)14-11/h6-8H,1-5H3. The van der Waals surface area contributed by atoms with Gasteiger partial charge in [0, 0.05) is 11.8 Å². The van der Waals surface area contributed by atoms with E-state index in [9.17, 15) is 4.79 Å². The summed E-state index contributed by atoms with van der Waals surface area (Å²) in [5.74, 6) is -0.208. The van der Waals surface area contributed by atoms with E-state index in [1.54, 1.807) is 6.92 Å². The summed E-state index contributed by atoms with van der Waals surface area (Å²) in [5.41, 5.74) is 0. The molecule has 0 N–H and O–H groups in total. The fraction of sp³-hybridized carbons (Fsp3) is 0.727. The van der Waals surface area contributed by atoms with Crippen LogP contribution in [0.3, 0.4) is 0 Å². The van der Waals surface area contributed by atoms with Gasteiger partial charge < -0.3 is 9.47 Å². The molecule has 0 aromatic rings. The second-order valence-corrected chi connectivity index (χ2v) is 4.31. The summed E-state index contributed by atoms with van der Waals surface area (Å²) in [4.78, 5) is 11.3. The number of ether oxygens (including phenoxy) is 2. The summed E-state index contributed by atoms with van der Waals surface area (Å²) in [6, 6.07) is 0. The molecule has 0 saturated heterocycles. The van der Waals surface area contributed by atoms with Crippen molar-refractivity contribution in [2.75, 3.05) is 0 Å². The third kappa shape index (κ3) is 1.76. The first-order valence-corrected chi connectivity index (χ1v) is 4.98. The van der Waals surface area contributed by atoms with Crippen molar-refractivity contribution in [3.05, 3.63) is 11.8 Å². The average Bonchev–Trinajstić information content (AvgIpc) is 2.01. The van der Waals surface area contributed by atoms with E-state index in [0.717, 1.165) is 0 Å². The molecular weight excluding hydrogens is 180 g/mol. The molecule has 0 aromatic carbocycles. The van der Waals surface area contributed by atoms with Crippen molar-refractivity contribution >= 4 is 5.97 Å². The Morgan fingerprint density at radius 3 is 2.00 bits per heavy atom. The molecule has 1 heterocycles. The number of carbonyl (C=O) groups excluding carboxylic acids is 1. The molecule has 0 radical (unpaired) electrons. The molecule has 0 atom stereocenters. The molecular formula is C11H18O3. The van der Waals surface area contributed by atoms with Gasteiger partial charge in [0.25, 0.3) is 5.79 Å². The first-order valence-electron chi connectivity index (χ1n) is 4.98. The molecule has 14 heavy (non-hydrogen) atoms. The third-order valence-corrected chi connectivity index (χ3v) is 2.51. The van der Waals surface area contributed by atoms with E-state index in [-0.39, 0.29) is 17.8 Å². The lowest BCUT2D eigenvalue weighted by molar-refractivity contribution is -0.259. The summed E-state index contributed by atoms with van der Waals surface area (Å²) < 4.78 is 11.0. The predicted molar refractivity (Wildman–Crippen MR) is 53.3 cm³/mol. The normalized spacial score (nSPS) is 20.5. The molecule has 0 aliphatic carbocycles. The number of hydrogen-bond donors (Lipinski definition) is 0. The minimum atomic E-state index is -0.796. The van der Waals surface area contributed by atoms with Crippen LogP contribution in [0, 0.1) is 11.8 Å². The highest BCUT2D eigenvalue weighted by Crippen LogP contribution is 2.36. The molecule has 1 rings (SSSR count). The zero-order valence-corrected chi connectivity index (χ0v) is 9.46. The van der Waals surface area contributed by atoms with Gasteiger partial charge in [-0.1, -0.05) is 27.7 Å². The molecule has 80 valence electrons. The lowest BCUT2D eigenvalue weighted by atomic mass is 9.90. The Hall–Kier alpha value is -0.990. The van der Waals surface area contributed by atoms with Crippen molar-refractivity contribution in [3.63, 3.8) is 0 Å². The SMILES string of the molecule is CC1=CC(=O)OC(C(C)C)(C(C)C)O1. The van der Waals surface area contributed by atoms with Gasteiger partial charge in [0.15, 0.2) is 0 Å². The number of carbonyl (C=O) groups is 1. The van der Waals surface area contributed by atoms with Gasteiger partial charge in [0.1, 0.15) is 5.76 Å². The van der Waals surface area contributed by atoms with Gasteiger partial charge in [-0.25, -0.2) is 4.79 Å². The van der Waals surface area contributed by atoms with E-state index in [0.29, 0.717) is 5.76 Å². The van der Waals surface area contributed by atoms with E-state index in [1.807, 2.05) is 27.7 Å². The van der Waals surface area contributed by atoms with Crippen LogP contribution in [0.4, 0.5) is 0 Å². The summed E-state index contributed by atoms with van der Waals surface area (Å²) in [5, 5.41) is 0. The van der Waals surface area contributed by atoms with Gasteiger partial charge in [-0.3, -0.25) is 0 Å². The van der Waals surface area contributed by atoms with Gasteiger partial charge in [0.2, 0.25) is 0 Å². The molecule has 0 bridgehead atoms. The highest BCUT2D eigenvalue weighted by Gasteiger charge is 2.45. The monoisotopic (exact) mass is 198 g/mol. The van der Waals surface area contributed by atoms with Gasteiger partial charge in [0.05, 0.1) is 6.08 Å². The fourth-order valence-electron chi connectivity index (χ4n) is 1.79. The Morgan fingerprint density at radius 1 is 1.14 bits per heavy atom. The molecule has 0 aromatic heterocycles. The highest BCUT2D eigenvalue weighted by atomic mass is 16.7. The largest absolute Gasteiger partial charge is 0.456 e. The van der Waals surface area contributed by atoms with Gasteiger partial charge in [-0.05, 0) is 6.92 Å². The van der Waals surface area contributed by atoms with Crippen LogP contribution in [0.15, 0.2) is 11.8 Å². The number of esters is 1. The lowest BCUT2D eigenvalue weighted by Crippen LogP contribution is -2.49. The van der Waals surface area contributed by atoms with Crippen molar-refractivity contribution in [3.8, 4) is 0 Å². The second kappa shape index (κ2) is 3.64. The Kier molecular flexibility index (Phi) is 2.88. The summed E-state index contributed by atoms with van der Waals surface area (Å²) in [7, 11) is 0. The maximum atomic E-state index is 11.3. The summed E-state index contributed by atoms with van der Waals surface area (Å²) >= 11 is 0. The molecule has 3 nitrogen and oxygen atoms in total. The molecule has 0 fully saturated rings. The first-order chi connectivity index (χ1) is 6.38. The Bertz CT molecular complexity index is 256. The van der Waals surface area contributed by atoms with E-state index in [1.165, 1.54) is 6.08 Å². The predicted octanol–water partition coefficient (Wildman–Crippen LogP) is 2.47. The Balaban J connectivity index is 3.02. The molecule has 1 aliphatic rings. The zero-order chi connectivity index (χ0) is 10.9. The van der Waals surface area contributed by atoms with Crippen LogP contribution in [0.2, 0.25) is 0 Å². The Labute approximate surface area is 85.1 Å². The van der Waals surface area contributed by atoms with Crippen LogP contribution in [0.5, 0.6) is 0 Å². The van der Waals surface area contributed by atoms with Crippen molar-refractivity contribution in [2.45, 2.75) is 40.4 Å². The molecule has 0 amide bonds. The first kappa shape index (κ1) is 11.1. The molecule has 0 saturated carbocycles. The van der Waals surface area contributed by atoms with Gasteiger partial charge >= 0.3 is 5.97 Å². The number of hydrogen-bond acceptors (Lipinski definition) is 3. The molecule has 0 spiro atoms. The summed E-state index contributed by atoms with van der Waals surface area (Å²) in [6.07, 6.45) is 1.38. The van der Waals surface area contributed by atoms with Gasteiger partial charge in [-0.2, -0.15) is 0 Å². The highest BCUT2D eigenvalue weighted by molar-refractivity contribution is 5.83. The average molecular weight is 198 g/mol. The van der Waals surface area contributed by atoms with Crippen LogP contribution in [-0.2, 0) is 14.3 Å². The van der Waals surface area contributed by atoms with Crippen molar-refractivity contribution in [1.82, 2.24) is 0 Å². The number of cyclic esters (lactones) is 1. The number of rotatable bonds is 2.